The molecule has 1 unspecified atom stereocenters. The van der Waals surface area contributed by atoms with Gasteiger partial charge in [0.15, 0.2) is 0 Å². The van der Waals surface area contributed by atoms with Crippen LogP contribution >= 0.6 is 0 Å². The molecule has 1 heterocycles. The van der Waals surface area contributed by atoms with E-state index in [4.69, 9.17) is 14.6 Å². The Morgan fingerprint density at radius 3 is 2.54 bits per heavy atom. The zero-order chi connectivity index (χ0) is 17.5. The minimum absolute atomic E-state index is 0.0165. The van der Waals surface area contributed by atoms with Crippen molar-refractivity contribution in [3.63, 3.8) is 0 Å². The van der Waals surface area contributed by atoms with Crippen LogP contribution < -0.4 is 10.1 Å². The fourth-order valence-corrected chi connectivity index (χ4v) is 2.87. The Bertz CT molecular complexity index is 638. The first kappa shape index (κ1) is 18.3. The summed E-state index contributed by atoms with van der Waals surface area (Å²) >= 11 is 0. The van der Waals surface area contributed by atoms with Gasteiger partial charge in [0.05, 0.1) is 31.5 Å². The zero-order valence-electron chi connectivity index (χ0n) is 14.9. The van der Waals surface area contributed by atoms with Crippen LogP contribution in [-0.4, -0.2) is 41.8 Å². The second-order valence-electron chi connectivity index (χ2n) is 5.76. The topological polar surface area (TPSA) is 68.5 Å². The third-order valence-corrected chi connectivity index (χ3v) is 3.98. The Balaban J connectivity index is 2.06. The van der Waals surface area contributed by atoms with Gasteiger partial charge in [0.1, 0.15) is 12.4 Å². The van der Waals surface area contributed by atoms with E-state index in [-0.39, 0.29) is 12.6 Å². The Morgan fingerprint density at radius 1 is 1.21 bits per heavy atom. The van der Waals surface area contributed by atoms with Crippen LogP contribution in [0.2, 0.25) is 0 Å². The van der Waals surface area contributed by atoms with E-state index >= 15 is 0 Å². The van der Waals surface area contributed by atoms with Crippen LogP contribution in [0.5, 0.6) is 5.75 Å². The van der Waals surface area contributed by atoms with Crippen molar-refractivity contribution in [2.45, 2.75) is 33.4 Å². The molecular weight excluding hydrogens is 306 g/mol. The maximum atomic E-state index is 8.78. The summed E-state index contributed by atoms with van der Waals surface area (Å²) in [6, 6.07) is 7.89. The molecule has 1 aromatic carbocycles. The van der Waals surface area contributed by atoms with Crippen LogP contribution in [0.3, 0.4) is 0 Å². The summed E-state index contributed by atoms with van der Waals surface area (Å²) in [5.74, 6) is 0.752. The second-order valence-corrected chi connectivity index (χ2v) is 5.76. The summed E-state index contributed by atoms with van der Waals surface area (Å²) in [6.07, 6.45) is 0. The van der Waals surface area contributed by atoms with Crippen molar-refractivity contribution in [2.24, 2.45) is 0 Å². The van der Waals surface area contributed by atoms with Gasteiger partial charge in [0, 0.05) is 24.1 Å². The van der Waals surface area contributed by atoms with Gasteiger partial charge >= 0.3 is 0 Å². The highest BCUT2D eigenvalue weighted by molar-refractivity contribution is 5.49. The predicted molar refractivity (Wildman–Crippen MR) is 94.6 cm³/mol. The van der Waals surface area contributed by atoms with Crippen LogP contribution in [0, 0.1) is 13.8 Å². The third kappa shape index (κ3) is 4.49. The van der Waals surface area contributed by atoms with E-state index in [1.165, 1.54) is 5.56 Å². The highest BCUT2D eigenvalue weighted by Crippen LogP contribution is 2.26. The number of nitrogens with zero attached hydrogens (tertiary/aromatic N) is 2. The molecule has 0 fully saturated rings. The number of benzene rings is 1. The van der Waals surface area contributed by atoms with E-state index in [0.29, 0.717) is 13.2 Å². The summed E-state index contributed by atoms with van der Waals surface area (Å²) in [4.78, 5) is 0. The Labute approximate surface area is 143 Å². The van der Waals surface area contributed by atoms with Gasteiger partial charge in [-0.3, -0.25) is 4.68 Å². The van der Waals surface area contributed by atoms with E-state index in [0.717, 1.165) is 29.4 Å². The quantitative estimate of drug-likeness (QED) is 0.738. The lowest BCUT2D eigenvalue weighted by atomic mass is 10.1. The number of rotatable bonds is 9. The van der Waals surface area contributed by atoms with Crippen LogP contribution in [-0.2, 0) is 11.3 Å². The average Bonchev–Trinajstić information content (AvgIpc) is 2.86. The fraction of sp³-hybridized carbons (Fsp3) is 0.500. The van der Waals surface area contributed by atoms with E-state index in [1.54, 1.807) is 7.11 Å². The second kappa shape index (κ2) is 8.70. The Morgan fingerprint density at radius 2 is 1.92 bits per heavy atom. The van der Waals surface area contributed by atoms with E-state index in [1.807, 2.05) is 35.9 Å². The number of ether oxygens (including phenoxy) is 2. The van der Waals surface area contributed by atoms with Crippen molar-refractivity contribution in [1.82, 2.24) is 9.78 Å². The van der Waals surface area contributed by atoms with Crippen molar-refractivity contribution < 1.29 is 14.6 Å². The Kier molecular flexibility index (Phi) is 6.63. The molecule has 0 radical (unpaired) electrons. The van der Waals surface area contributed by atoms with Crippen molar-refractivity contribution in [2.75, 3.05) is 32.2 Å². The first-order valence-electron chi connectivity index (χ1n) is 8.20. The van der Waals surface area contributed by atoms with Gasteiger partial charge in [-0.15, -0.1) is 0 Å². The van der Waals surface area contributed by atoms with Gasteiger partial charge < -0.3 is 19.9 Å². The molecule has 0 saturated carbocycles. The van der Waals surface area contributed by atoms with E-state index in [9.17, 15) is 0 Å². The van der Waals surface area contributed by atoms with Crippen molar-refractivity contribution in [3.05, 3.63) is 41.2 Å². The molecule has 1 atom stereocenters. The lowest BCUT2D eigenvalue weighted by molar-refractivity contribution is 0.182. The summed E-state index contributed by atoms with van der Waals surface area (Å²) in [7, 11) is 1.70. The minimum Gasteiger partial charge on any atom is -0.491 e. The summed E-state index contributed by atoms with van der Waals surface area (Å²) in [5.41, 5.74) is 4.42. The normalized spacial score (nSPS) is 12.2. The van der Waals surface area contributed by atoms with Crippen molar-refractivity contribution in [3.8, 4) is 5.75 Å². The summed E-state index contributed by atoms with van der Waals surface area (Å²) in [6.45, 7) is 7.99. The monoisotopic (exact) mass is 333 g/mol. The minimum atomic E-state index is 0.0165. The maximum absolute atomic E-state index is 8.78. The summed E-state index contributed by atoms with van der Waals surface area (Å²) < 4.78 is 12.5. The van der Waals surface area contributed by atoms with Crippen LogP contribution in [0.4, 0.5) is 5.69 Å². The van der Waals surface area contributed by atoms with Gasteiger partial charge in [-0.1, -0.05) is 0 Å². The van der Waals surface area contributed by atoms with Crippen molar-refractivity contribution in [1.29, 1.82) is 0 Å². The molecule has 24 heavy (non-hydrogen) atoms. The Hall–Kier alpha value is -2.05. The number of aryl methyl sites for hydroxylation is 1. The molecule has 2 N–H and O–H groups in total. The first-order valence-corrected chi connectivity index (χ1v) is 8.20. The lowest BCUT2D eigenvalue weighted by Gasteiger charge is -2.17. The molecule has 6 heteroatoms. The van der Waals surface area contributed by atoms with Crippen LogP contribution in [0.15, 0.2) is 24.3 Å². The number of aliphatic hydroxyl groups excluding tert-OH is 1. The fourth-order valence-electron chi connectivity index (χ4n) is 2.87. The largest absolute Gasteiger partial charge is 0.491 e. The molecule has 0 aliphatic heterocycles. The smallest absolute Gasteiger partial charge is 0.119 e. The number of methoxy groups -OCH3 is 1. The SMILES string of the molecule is COCCn1nc(C)c(C(C)Nc2ccc(OCCO)cc2)c1C. The molecule has 1 aromatic heterocycles. The summed E-state index contributed by atoms with van der Waals surface area (Å²) in [5, 5.41) is 16.9. The number of aliphatic hydroxyl groups is 1. The van der Waals surface area contributed by atoms with Gasteiger partial charge in [-0.2, -0.15) is 5.10 Å². The number of hydrogen-bond donors (Lipinski definition) is 2. The molecule has 2 aromatic rings. The lowest BCUT2D eigenvalue weighted by Crippen LogP contribution is -2.11. The van der Waals surface area contributed by atoms with E-state index in [2.05, 4.69) is 24.3 Å². The molecule has 2 rings (SSSR count). The third-order valence-electron chi connectivity index (χ3n) is 3.98. The number of aromatic nitrogens is 2. The van der Waals surface area contributed by atoms with Crippen molar-refractivity contribution >= 4 is 5.69 Å². The molecule has 0 aliphatic rings. The standard InChI is InChI=1S/C18H27N3O3/c1-13(18-14(2)20-21(15(18)3)9-11-23-4)19-16-5-7-17(8-6-16)24-12-10-22/h5-8,13,19,22H,9-12H2,1-4H3. The van der Waals surface area contributed by atoms with Gasteiger partial charge in [0.2, 0.25) is 0 Å². The predicted octanol–water partition coefficient (Wildman–Crippen LogP) is 2.69. The zero-order valence-corrected chi connectivity index (χ0v) is 14.9. The maximum Gasteiger partial charge on any atom is 0.119 e. The molecule has 0 saturated heterocycles. The number of hydrogen-bond acceptors (Lipinski definition) is 5. The van der Waals surface area contributed by atoms with Gasteiger partial charge in [0.25, 0.3) is 0 Å². The highest BCUT2D eigenvalue weighted by atomic mass is 16.5. The molecule has 0 amide bonds. The number of anilines is 1. The van der Waals surface area contributed by atoms with E-state index < -0.39 is 0 Å². The molecule has 6 nitrogen and oxygen atoms in total. The highest BCUT2D eigenvalue weighted by Gasteiger charge is 2.17. The molecule has 0 aliphatic carbocycles. The molecule has 132 valence electrons. The molecular formula is C18H27N3O3. The van der Waals surface area contributed by atoms with Crippen LogP contribution in [0.25, 0.3) is 0 Å². The number of nitrogens with one attached hydrogen (secondary N) is 1. The van der Waals surface area contributed by atoms with Gasteiger partial charge in [-0.25, -0.2) is 0 Å². The first-order chi connectivity index (χ1) is 11.6. The molecule has 0 bridgehead atoms. The van der Waals surface area contributed by atoms with Crippen LogP contribution in [0.1, 0.15) is 29.9 Å². The van der Waals surface area contributed by atoms with Gasteiger partial charge in [-0.05, 0) is 45.0 Å². The average molecular weight is 333 g/mol. The molecule has 0 spiro atoms.